The van der Waals surface area contributed by atoms with Gasteiger partial charge in [-0.15, -0.1) is 0 Å². The Morgan fingerprint density at radius 1 is 1.75 bits per heavy atom. The van der Waals surface area contributed by atoms with Crippen LogP contribution in [0.15, 0.2) is 0 Å². The molecule has 0 radical (unpaired) electrons. The summed E-state index contributed by atoms with van der Waals surface area (Å²) in [6, 6.07) is 0. The van der Waals surface area contributed by atoms with Gasteiger partial charge in [-0.3, -0.25) is 5.41 Å². The third-order valence-electron chi connectivity index (χ3n) is 0.520. The van der Waals surface area contributed by atoms with E-state index in [-0.39, 0.29) is 6.61 Å². The summed E-state index contributed by atoms with van der Waals surface area (Å²) >= 11 is 0. The van der Waals surface area contributed by atoms with Gasteiger partial charge < -0.3 is 9.84 Å². The van der Waals surface area contributed by atoms with Crippen molar-refractivity contribution >= 4 is 6.40 Å². The molecule has 0 atom stereocenters. The van der Waals surface area contributed by atoms with Gasteiger partial charge in [-0.2, -0.15) is 0 Å². The zero-order chi connectivity index (χ0) is 6.62. The molecule has 0 spiro atoms. The minimum Gasteiger partial charge on any atom is -0.481 e. The molecule has 0 heterocycles. The number of rotatable bonds is 3. The van der Waals surface area contributed by atoms with E-state index in [1.54, 1.807) is 13.8 Å². The minimum atomic E-state index is -0.822. The lowest BCUT2D eigenvalue weighted by molar-refractivity contribution is 0.0262. The summed E-state index contributed by atoms with van der Waals surface area (Å²) in [5, 5.41) is 15.3. The van der Waals surface area contributed by atoms with Gasteiger partial charge in [0.05, 0.1) is 5.60 Å². The Labute approximate surface area is 48.8 Å². The van der Waals surface area contributed by atoms with Gasteiger partial charge in [-0.25, -0.2) is 0 Å². The fourth-order valence-corrected chi connectivity index (χ4v) is 0.246. The number of nitrogens with one attached hydrogen (secondary N) is 1. The van der Waals surface area contributed by atoms with Crippen molar-refractivity contribution in [3.63, 3.8) is 0 Å². The monoisotopic (exact) mass is 117 g/mol. The molecule has 0 aromatic heterocycles. The van der Waals surface area contributed by atoms with Gasteiger partial charge in [-0.1, -0.05) is 0 Å². The van der Waals surface area contributed by atoms with E-state index in [4.69, 9.17) is 10.5 Å². The van der Waals surface area contributed by atoms with Crippen LogP contribution in [0, 0.1) is 5.41 Å². The Morgan fingerprint density at radius 3 is 2.38 bits per heavy atom. The maximum absolute atomic E-state index is 8.92. The first-order chi connectivity index (χ1) is 3.56. The molecule has 0 rings (SSSR count). The summed E-state index contributed by atoms with van der Waals surface area (Å²) in [7, 11) is 0. The molecule has 0 aromatic carbocycles. The highest BCUT2D eigenvalue weighted by atomic mass is 16.5. The zero-order valence-corrected chi connectivity index (χ0v) is 5.14. The second-order valence-electron chi connectivity index (χ2n) is 2.24. The normalized spacial score (nSPS) is 10.9. The molecule has 3 nitrogen and oxygen atoms in total. The third-order valence-corrected chi connectivity index (χ3v) is 0.520. The molecule has 0 aliphatic heterocycles. The average molecular weight is 117 g/mol. The first-order valence-electron chi connectivity index (χ1n) is 2.39. The largest absolute Gasteiger partial charge is 0.481 e. The standard InChI is InChI=1S/C5H11NO2/c1-5(2,7)3-8-4-6/h4,6-7H,3H2,1-2H3. The molecule has 2 N–H and O–H groups in total. The molecule has 0 saturated heterocycles. The van der Waals surface area contributed by atoms with Gasteiger partial charge in [0.2, 0.25) is 0 Å². The molecule has 0 bridgehead atoms. The van der Waals surface area contributed by atoms with Crippen LogP contribution in [0.3, 0.4) is 0 Å². The van der Waals surface area contributed by atoms with Gasteiger partial charge in [0.1, 0.15) is 6.61 Å². The summed E-state index contributed by atoms with van der Waals surface area (Å²) in [4.78, 5) is 0. The van der Waals surface area contributed by atoms with Gasteiger partial charge in [0, 0.05) is 0 Å². The first kappa shape index (κ1) is 7.43. The Balaban J connectivity index is 3.24. The molecule has 0 unspecified atom stereocenters. The Kier molecular flexibility index (Phi) is 2.48. The smallest absolute Gasteiger partial charge is 0.166 e. The van der Waals surface area contributed by atoms with Crippen molar-refractivity contribution in [3.05, 3.63) is 0 Å². The highest BCUT2D eigenvalue weighted by Crippen LogP contribution is 1.98. The summed E-state index contributed by atoms with van der Waals surface area (Å²) in [5.74, 6) is 0. The molecule has 0 fully saturated rings. The van der Waals surface area contributed by atoms with Crippen molar-refractivity contribution in [1.29, 1.82) is 5.41 Å². The van der Waals surface area contributed by atoms with Crippen LogP contribution in [0.25, 0.3) is 0 Å². The Bertz CT molecular complexity index is 75.0. The lowest BCUT2D eigenvalue weighted by Gasteiger charge is -2.14. The van der Waals surface area contributed by atoms with Crippen molar-refractivity contribution in [2.75, 3.05) is 6.61 Å². The molecule has 0 aliphatic rings. The Hall–Kier alpha value is -0.570. The predicted octanol–water partition coefficient (Wildman–Crippen LogP) is 0.381. The number of hydrogen-bond acceptors (Lipinski definition) is 3. The number of ether oxygens (including phenoxy) is 1. The average Bonchev–Trinajstić information content (AvgIpc) is 1.59. The Morgan fingerprint density at radius 2 is 2.25 bits per heavy atom. The van der Waals surface area contributed by atoms with E-state index >= 15 is 0 Å². The van der Waals surface area contributed by atoms with Crippen LogP contribution in [0.2, 0.25) is 0 Å². The quantitative estimate of drug-likeness (QED) is 0.414. The van der Waals surface area contributed by atoms with Crippen molar-refractivity contribution in [2.45, 2.75) is 19.4 Å². The van der Waals surface area contributed by atoms with Gasteiger partial charge in [-0.05, 0) is 13.8 Å². The highest BCUT2D eigenvalue weighted by molar-refractivity contribution is 5.41. The lowest BCUT2D eigenvalue weighted by Crippen LogP contribution is -2.25. The molecule has 48 valence electrons. The van der Waals surface area contributed by atoms with Crippen molar-refractivity contribution in [1.82, 2.24) is 0 Å². The molecule has 0 aliphatic carbocycles. The molecule has 0 aromatic rings. The third kappa shape index (κ3) is 5.43. The predicted molar refractivity (Wildman–Crippen MR) is 31.0 cm³/mol. The van der Waals surface area contributed by atoms with Crippen LogP contribution in [-0.2, 0) is 4.74 Å². The van der Waals surface area contributed by atoms with E-state index in [0.29, 0.717) is 0 Å². The van der Waals surface area contributed by atoms with Gasteiger partial charge in [0.15, 0.2) is 6.40 Å². The van der Waals surface area contributed by atoms with E-state index in [9.17, 15) is 0 Å². The molecular weight excluding hydrogens is 106 g/mol. The van der Waals surface area contributed by atoms with E-state index in [1.165, 1.54) is 0 Å². The van der Waals surface area contributed by atoms with Crippen LogP contribution in [0.5, 0.6) is 0 Å². The van der Waals surface area contributed by atoms with Crippen LogP contribution >= 0.6 is 0 Å². The molecule has 3 heteroatoms. The zero-order valence-electron chi connectivity index (χ0n) is 5.14. The van der Waals surface area contributed by atoms with Gasteiger partial charge >= 0.3 is 0 Å². The van der Waals surface area contributed by atoms with Crippen molar-refractivity contribution < 1.29 is 9.84 Å². The fourth-order valence-electron chi connectivity index (χ4n) is 0.246. The van der Waals surface area contributed by atoms with Crippen molar-refractivity contribution in [3.8, 4) is 0 Å². The first-order valence-corrected chi connectivity index (χ1v) is 2.39. The SMILES string of the molecule is CC(C)(O)COC=N. The van der Waals surface area contributed by atoms with E-state index in [1.807, 2.05) is 0 Å². The van der Waals surface area contributed by atoms with E-state index in [2.05, 4.69) is 4.74 Å². The second kappa shape index (κ2) is 2.67. The summed E-state index contributed by atoms with van der Waals surface area (Å²) in [5.41, 5.74) is -0.822. The van der Waals surface area contributed by atoms with E-state index in [0.717, 1.165) is 6.40 Å². The summed E-state index contributed by atoms with van der Waals surface area (Å²) in [6.07, 6.45) is 0.817. The van der Waals surface area contributed by atoms with Crippen LogP contribution in [0.4, 0.5) is 0 Å². The maximum Gasteiger partial charge on any atom is 0.166 e. The maximum atomic E-state index is 8.92. The number of aliphatic hydroxyl groups is 1. The summed E-state index contributed by atoms with van der Waals surface area (Å²) in [6.45, 7) is 3.42. The molecule has 0 amide bonds. The summed E-state index contributed by atoms with van der Waals surface area (Å²) < 4.78 is 4.49. The van der Waals surface area contributed by atoms with Gasteiger partial charge in [0.25, 0.3) is 0 Å². The van der Waals surface area contributed by atoms with E-state index < -0.39 is 5.60 Å². The fraction of sp³-hybridized carbons (Fsp3) is 0.800. The second-order valence-corrected chi connectivity index (χ2v) is 2.24. The minimum absolute atomic E-state index is 0.177. The lowest BCUT2D eigenvalue weighted by atomic mass is 10.2. The van der Waals surface area contributed by atoms with Crippen LogP contribution in [-0.4, -0.2) is 23.7 Å². The number of hydrogen-bond donors (Lipinski definition) is 2. The molecular formula is C5H11NO2. The van der Waals surface area contributed by atoms with Crippen LogP contribution in [0.1, 0.15) is 13.8 Å². The topological polar surface area (TPSA) is 53.3 Å². The molecule has 8 heavy (non-hydrogen) atoms. The molecule has 0 saturated carbocycles. The highest BCUT2D eigenvalue weighted by Gasteiger charge is 2.11. The van der Waals surface area contributed by atoms with Crippen molar-refractivity contribution in [2.24, 2.45) is 0 Å². The van der Waals surface area contributed by atoms with Crippen LogP contribution < -0.4 is 0 Å².